The fourth-order valence-electron chi connectivity index (χ4n) is 2.66. The minimum Gasteiger partial charge on any atom is -0.496 e. The first-order valence-electron chi connectivity index (χ1n) is 6.23. The molecule has 0 saturated carbocycles. The lowest BCUT2D eigenvalue weighted by atomic mass is 9.79. The Kier molecular flexibility index (Phi) is 3.93. The number of fused-ring (bicyclic) bond motifs is 1. The Morgan fingerprint density at radius 1 is 1.53 bits per heavy atom. The molecule has 1 aliphatic rings. The van der Waals surface area contributed by atoms with Crippen LogP contribution in [0.5, 0.6) is 5.75 Å². The van der Waals surface area contributed by atoms with E-state index in [1.165, 1.54) is 5.56 Å². The van der Waals surface area contributed by atoms with Crippen LogP contribution in [0.2, 0.25) is 0 Å². The van der Waals surface area contributed by atoms with E-state index in [1.54, 1.807) is 7.11 Å². The summed E-state index contributed by atoms with van der Waals surface area (Å²) >= 11 is 0. The van der Waals surface area contributed by atoms with Crippen LogP contribution in [0.3, 0.4) is 0 Å². The van der Waals surface area contributed by atoms with Crippen LogP contribution >= 0.6 is 0 Å². The van der Waals surface area contributed by atoms with Crippen molar-refractivity contribution in [3.63, 3.8) is 0 Å². The van der Waals surface area contributed by atoms with E-state index in [0.717, 1.165) is 35.9 Å². The molecule has 0 heterocycles. The fraction of sp³-hybridized carbons (Fsp3) is 0.333. The van der Waals surface area contributed by atoms with Gasteiger partial charge >= 0.3 is 6.21 Å². The van der Waals surface area contributed by atoms with Crippen molar-refractivity contribution < 1.29 is 14.3 Å². The molecule has 1 aliphatic carbocycles. The van der Waals surface area contributed by atoms with Crippen molar-refractivity contribution in [2.24, 2.45) is 5.92 Å². The molecule has 1 aromatic carbocycles. The van der Waals surface area contributed by atoms with Crippen LogP contribution in [0.25, 0.3) is 11.6 Å². The zero-order valence-electron chi connectivity index (χ0n) is 10.9. The number of hydrogen-bond acceptors (Lipinski definition) is 2. The Hall–Kier alpha value is -2.19. The zero-order chi connectivity index (χ0) is 13.8. The Morgan fingerprint density at radius 3 is 2.95 bits per heavy atom. The van der Waals surface area contributed by atoms with E-state index in [1.807, 2.05) is 18.2 Å². The summed E-state index contributed by atoms with van der Waals surface area (Å²) in [5.41, 5.74) is 11.8. The van der Waals surface area contributed by atoms with E-state index in [-0.39, 0.29) is 11.7 Å². The number of hydrogen-bond donors (Lipinski definition) is 0. The Labute approximate surface area is 112 Å². The lowest BCUT2D eigenvalue weighted by Gasteiger charge is -2.25. The van der Waals surface area contributed by atoms with Crippen molar-refractivity contribution in [1.82, 2.24) is 0 Å². The van der Waals surface area contributed by atoms with Crippen LogP contribution in [0.15, 0.2) is 18.7 Å². The molecule has 0 saturated heterocycles. The quantitative estimate of drug-likeness (QED) is 0.471. The number of carbonyl (C=O) groups is 1. The number of rotatable bonds is 4. The maximum Gasteiger partial charge on any atom is 0.323 e. The summed E-state index contributed by atoms with van der Waals surface area (Å²) in [5, 5.41) is 0. The van der Waals surface area contributed by atoms with Gasteiger partial charge in [0.1, 0.15) is 5.75 Å². The van der Waals surface area contributed by atoms with Gasteiger partial charge in [-0.3, -0.25) is 4.79 Å². The minimum absolute atomic E-state index is 0.140. The first-order valence-corrected chi connectivity index (χ1v) is 6.23. The lowest BCUT2D eigenvalue weighted by Crippen LogP contribution is -2.24. The second kappa shape index (κ2) is 5.63. The van der Waals surface area contributed by atoms with Gasteiger partial charge in [0.2, 0.25) is 5.78 Å². The predicted molar refractivity (Wildman–Crippen MR) is 73.3 cm³/mol. The zero-order valence-corrected chi connectivity index (χ0v) is 10.9. The molecule has 1 aromatic rings. The molecular formula is C15H16N2O2. The van der Waals surface area contributed by atoms with Gasteiger partial charge in [0.05, 0.1) is 7.11 Å². The molecule has 1 atom stereocenters. The van der Waals surface area contributed by atoms with Crippen LogP contribution in [-0.4, -0.2) is 23.9 Å². The number of ether oxygens (including phenoxy) is 1. The summed E-state index contributed by atoms with van der Waals surface area (Å²) < 4.78 is 5.37. The van der Waals surface area contributed by atoms with Crippen molar-refractivity contribution in [1.29, 1.82) is 0 Å². The third kappa shape index (κ3) is 2.49. The molecule has 19 heavy (non-hydrogen) atoms. The summed E-state index contributed by atoms with van der Waals surface area (Å²) in [4.78, 5) is 14.6. The highest BCUT2D eigenvalue weighted by Gasteiger charge is 2.28. The van der Waals surface area contributed by atoms with E-state index < -0.39 is 0 Å². The monoisotopic (exact) mass is 256 g/mol. The van der Waals surface area contributed by atoms with Crippen LogP contribution in [0.4, 0.5) is 0 Å². The van der Waals surface area contributed by atoms with E-state index in [9.17, 15) is 4.79 Å². The van der Waals surface area contributed by atoms with Gasteiger partial charge < -0.3 is 10.3 Å². The third-order valence-electron chi connectivity index (χ3n) is 3.64. The van der Waals surface area contributed by atoms with Gasteiger partial charge in [-0.2, -0.15) is 4.79 Å². The highest BCUT2D eigenvalue weighted by atomic mass is 16.5. The molecule has 0 aromatic heterocycles. The van der Waals surface area contributed by atoms with Crippen molar-refractivity contribution in [2.75, 3.05) is 7.11 Å². The molecule has 0 amide bonds. The predicted octanol–water partition coefficient (Wildman–Crippen LogP) is 2.31. The number of Topliss-reactive ketones (excluding diaryl/α,β-unsaturated/α-hetero) is 1. The highest BCUT2D eigenvalue weighted by Crippen LogP contribution is 2.35. The van der Waals surface area contributed by atoms with E-state index in [2.05, 4.69) is 11.4 Å². The number of nitrogens with zero attached hydrogens (tertiary/aromatic N) is 2. The smallest absolute Gasteiger partial charge is 0.323 e. The summed E-state index contributed by atoms with van der Waals surface area (Å²) in [6.07, 6.45) is 5.00. The van der Waals surface area contributed by atoms with Crippen molar-refractivity contribution in [3.8, 4) is 5.75 Å². The molecule has 0 N–H and O–H groups in total. The second-order valence-corrected chi connectivity index (χ2v) is 4.60. The minimum atomic E-state index is -0.141. The first-order chi connectivity index (χ1) is 9.21. The van der Waals surface area contributed by atoms with Crippen LogP contribution in [0, 0.1) is 5.92 Å². The molecular weight excluding hydrogens is 240 g/mol. The fourth-order valence-corrected chi connectivity index (χ4v) is 2.66. The number of ketones is 1. The average molecular weight is 256 g/mol. The second-order valence-electron chi connectivity index (χ2n) is 4.60. The third-order valence-corrected chi connectivity index (χ3v) is 3.64. The summed E-state index contributed by atoms with van der Waals surface area (Å²) in [5.74, 6) is 0.524. The van der Waals surface area contributed by atoms with Gasteiger partial charge in [0.25, 0.3) is 0 Å². The van der Waals surface area contributed by atoms with Crippen molar-refractivity contribution in [2.45, 2.75) is 19.3 Å². The van der Waals surface area contributed by atoms with Gasteiger partial charge in [-0.25, -0.2) is 0 Å². The Bertz CT molecular complexity index is 572. The molecule has 0 aliphatic heterocycles. The maximum atomic E-state index is 11.8. The van der Waals surface area contributed by atoms with Crippen LogP contribution in [-0.2, 0) is 17.6 Å². The molecule has 1 unspecified atom stereocenters. The van der Waals surface area contributed by atoms with E-state index >= 15 is 0 Å². The highest BCUT2D eigenvalue weighted by molar-refractivity contribution is 6.26. The van der Waals surface area contributed by atoms with Gasteiger partial charge in [0, 0.05) is 5.92 Å². The molecule has 2 rings (SSSR count). The van der Waals surface area contributed by atoms with Crippen LogP contribution < -0.4 is 4.74 Å². The van der Waals surface area contributed by atoms with Gasteiger partial charge in [-0.1, -0.05) is 18.7 Å². The summed E-state index contributed by atoms with van der Waals surface area (Å²) in [6, 6.07) is 3.89. The maximum absolute atomic E-state index is 11.8. The largest absolute Gasteiger partial charge is 0.496 e. The molecule has 4 heteroatoms. The van der Waals surface area contributed by atoms with Crippen molar-refractivity contribution >= 4 is 18.1 Å². The lowest BCUT2D eigenvalue weighted by molar-refractivity contribution is -0.119. The molecule has 0 bridgehead atoms. The molecule has 0 fully saturated rings. The normalized spacial score (nSPS) is 17.0. The Balaban J connectivity index is 2.40. The number of methoxy groups -OCH3 is 1. The standard InChI is InChI=1S/C15H16N2O2/c1-3-10-5-7-15(19-2)13-8-11(4-6-12(10)13)14(18)9-17-16/h3,5,7,9,11H,1,4,6,8H2,2H3. The van der Waals surface area contributed by atoms with Gasteiger partial charge in [-0.05, 0) is 42.0 Å². The average Bonchev–Trinajstić information content (AvgIpc) is 2.45. The molecule has 0 spiro atoms. The van der Waals surface area contributed by atoms with Gasteiger partial charge in [0.15, 0.2) is 0 Å². The first kappa shape index (κ1) is 13.2. The number of carbonyl (C=O) groups excluding carboxylic acids is 1. The number of benzene rings is 1. The molecule has 98 valence electrons. The van der Waals surface area contributed by atoms with Gasteiger partial charge in [-0.15, -0.1) is 0 Å². The molecule has 4 nitrogen and oxygen atoms in total. The molecule has 0 radical (unpaired) electrons. The summed E-state index contributed by atoms with van der Waals surface area (Å²) in [6.45, 7) is 3.82. The van der Waals surface area contributed by atoms with Crippen molar-refractivity contribution in [3.05, 3.63) is 40.9 Å². The van der Waals surface area contributed by atoms with Crippen LogP contribution in [0.1, 0.15) is 23.1 Å². The van der Waals surface area contributed by atoms with E-state index in [4.69, 9.17) is 10.3 Å². The summed E-state index contributed by atoms with van der Waals surface area (Å²) in [7, 11) is 1.63. The SMILES string of the molecule is C=Cc1ccc(OC)c2c1CCC(C(=O)C=[N+]=[N-])C2. The van der Waals surface area contributed by atoms with E-state index in [0.29, 0.717) is 6.42 Å². The topological polar surface area (TPSA) is 62.7 Å². The Morgan fingerprint density at radius 2 is 2.32 bits per heavy atom.